The van der Waals surface area contributed by atoms with Gasteiger partial charge in [-0.2, -0.15) is 0 Å². The van der Waals surface area contributed by atoms with E-state index in [1.54, 1.807) is 0 Å². The monoisotopic (exact) mass is 164 g/mol. The van der Waals surface area contributed by atoms with Crippen molar-refractivity contribution >= 4 is 0 Å². The first-order valence-electron chi connectivity index (χ1n) is 4.60. The Kier molecular flexibility index (Phi) is 1.72. The standard InChI is InChI=1S/C10H16N2/c1-3-9-7-12-10(9)5-4-6-11-8(10)2/h3,9,11-12H,1-2,4-7H2/t9-,10-/m0/s1. The van der Waals surface area contributed by atoms with Gasteiger partial charge in [0.05, 0.1) is 5.54 Å². The van der Waals surface area contributed by atoms with Gasteiger partial charge in [0, 0.05) is 24.7 Å². The molecule has 2 nitrogen and oxygen atoms in total. The number of rotatable bonds is 1. The lowest BCUT2D eigenvalue weighted by atomic mass is 9.70. The average molecular weight is 164 g/mol. The van der Waals surface area contributed by atoms with Gasteiger partial charge in [-0.1, -0.05) is 12.7 Å². The summed E-state index contributed by atoms with van der Waals surface area (Å²) in [6, 6.07) is 0. The predicted molar refractivity (Wildman–Crippen MR) is 50.8 cm³/mol. The van der Waals surface area contributed by atoms with Crippen LogP contribution in [0.15, 0.2) is 24.9 Å². The van der Waals surface area contributed by atoms with E-state index in [1.165, 1.54) is 12.8 Å². The van der Waals surface area contributed by atoms with E-state index in [-0.39, 0.29) is 5.54 Å². The van der Waals surface area contributed by atoms with E-state index in [4.69, 9.17) is 0 Å². The third-order valence-electron chi connectivity index (χ3n) is 3.18. The fourth-order valence-corrected chi connectivity index (χ4v) is 2.27. The molecule has 2 aliphatic rings. The highest BCUT2D eigenvalue weighted by Crippen LogP contribution is 2.38. The molecular weight excluding hydrogens is 148 g/mol. The van der Waals surface area contributed by atoms with Gasteiger partial charge in [0.2, 0.25) is 0 Å². The lowest BCUT2D eigenvalue weighted by Gasteiger charge is -2.53. The quantitative estimate of drug-likeness (QED) is 0.566. The topological polar surface area (TPSA) is 24.1 Å². The van der Waals surface area contributed by atoms with Gasteiger partial charge in [-0.3, -0.25) is 0 Å². The Hall–Kier alpha value is -0.760. The van der Waals surface area contributed by atoms with Crippen LogP contribution in [0.2, 0.25) is 0 Å². The van der Waals surface area contributed by atoms with E-state index in [0.717, 1.165) is 18.8 Å². The summed E-state index contributed by atoms with van der Waals surface area (Å²) in [4.78, 5) is 0. The van der Waals surface area contributed by atoms with Crippen molar-refractivity contribution in [3.8, 4) is 0 Å². The minimum Gasteiger partial charge on any atom is -0.387 e. The number of hydrogen-bond donors (Lipinski definition) is 2. The average Bonchev–Trinajstić information content (AvgIpc) is 2.04. The Balaban J connectivity index is 2.17. The summed E-state index contributed by atoms with van der Waals surface area (Å²) < 4.78 is 0. The summed E-state index contributed by atoms with van der Waals surface area (Å²) in [6.07, 6.45) is 4.49. The highest BCUT2D eigenvalue weighted by atomic mass is 15.1. The molecule has 0 unspecified atom stereocenters. The zero-order valence-electron chi connectivity index (χ0n) is 7.40. The maximum Gasteiger partial charge on any atom is 0.0653 e. The van der Waals surface area contributed by atoms with Crippen LogP contribution in [0.5, 0.6) is 0 Å². The third kappa shape index (κ3) is 0.845. The molecule has 1 spiro atoms. The highest BCUT2D eigenvalue weighted by Gasteiger charge is 2.47. The van der Waals surface area contributed by atoms with Gasteiger partial charge in [-0.05, 0) is 12.8 Å². The summed E-state index contributed by atoms with van der Waals surface area (Å²) in [7, 11) is 0. The molecule has 0 radical (unpaired) electrons. The first-order valence-corrected chi connectivity index (χ1v) is 4.60. The van der Waals surface area contributed by atoms with E-state index in [0.29, 0.717) is 5.92 Å². The molecule has 2 aliphatic heterocycles. The van der Waals surface area contributed by atoms with E-state index in [2.05, 4.69) is 29.9 Å². The minimum atomic E-state index is 0.153. The first-order chi connectivity index (χ1) is 5.79. The van der Waals surface area contributed by atoms with E-state index in [1.807, 2.05) is 0 Å². The van der Waals surface area contributed by atoms with E-state index >= 15 is 0 Å². The van der Waals surface area contributed by atoms with Crippen LogP contribution in [0.1, 0.15) is 12.8 Å². The lowest BCUT2D eigenvalue weighted by Crippen LogP contribution is -2.68. The SMILES string of the molecule is C=C[C@H]1CN[C@]12CCCNC2=C. The van der Waals surface area contributed by atoms with Gasteiger partial charge in [-0.25, -0.2) is 0 Å². The van der Waals surface area contributed by atoms with Crippen LogP contribution in [0.25, 0.3) is 0 Å². The second kappa shape index (κ2) is 2.63. The van der Waals surface area contributed by atoms with Gasteiger partial charge in [0.25, 0.3) is 0 Å². The van der Waals surface area contributed by atoms with Crippen LogP contribution in [0.4, 0.5) is 0 Å². The molecule has 0 aliphatic carbocycles. The Labute approximate surface area is 73.7 Å². The number of piperidine rings is 1. The number of nitrogens with one attached hydrogen (secondary N) is 2. The van der Waals surface area contributed by atoms with Crippen LogP contribution in [0.3, 0.4) is 0 Å². The molecule has 66 valence electrons. The first kappa shape index (κ1) is 7.87. The molecule has 0 amide bonds. The smallest absolute Gasteiger partial charge is 0.0653 e. The van der Waals surface area contributed by atoms with Crippen LogP contribution >= 0.6 is 0 Å². The summed E-state index contributed by atoms with van der Waals surface area (Å²) in [5, 5.41) is 6.81. The van der Waals surface area contributed by atoms with E-state index < -0.39 is 0 Å². The molecule has 2 atom stereocenters. The summed E-state index contributed by atoms with van der Waals surface area (Å²) >= 11 is 0. The van der Waals surface area contributed by atoms with Crippen LogP contribution in [-0.4, -0.2) is 18.6 Å². The molecule has 0 bridgehead atoms. The molecular formula is C10H16N2. The molecule has 0 aromatic heterocycles. The molecule has 2 rings (SSSR count). The Morgan fingerprint density at radius 1 is 1.58 bits per heavy atom. The van der Waals surface area contributed by atoms with Gasteiger partial charge in [0.1, 0.15) is 0 Å². The second-order valence-electron chi connectivity index (χ2n) is 3.70. The largest absolute Gasteiger partial charge is 0.387 e. The maximum absolute atomic E-state index is 4.07. The fraction of sp³-hybridized carbons (Fsp3) is 0.600. The second-order valence-corrected chi connectivity index (χ2v) is 3.70. The van der Waals surface area contributed by atoms with Crippen molar-refractivity contribution < 1.29 is 0 Å². The fourth-order valence-electron chi connectivity index (χ4n) is 2.27. The molecule has 12 heavy (non-hydrogen) atoms. The highest BCUT2D eigenvalue weighted by molar-refractivity contribution is 5.28. The molecule has 0 aromatic rings. The summed E-state index contributed by atoms with van der Waals surface area (Å²) in [5.41, 5.74) is 1.31. The third-order valence-corrected chi connectivity index (χ3v) is 3.18. The van der Waals surface area contributed by atoms with Crippen LogP contribution in [0, 0.1) is 5.92 Å². The Morgan fingerprint density at radius 3 is 2.92 bits per heavy atom. The minimum absolute atomic E-state index is 0.153. The lowest BCUT2D eigenvalue weighted by molar-refractivity contribution is 0.140. The van der Waals surface area contributed by atoms with Gasteiger partial charge in [-0.15, -0.1) is 6.58 Å². The zero-order chi connectivity index (χ0) is 8.60. The van der Waals surface area contributed by atoms with Crippen molar-refractivity contribution in [2.75, 3.05) is 13.1 Å². The molecule has 2 fully saturated rings. The predicted octanol–water partition coefficient (Wildman–Crippen LogP) is 1.03. The van der Waals surface area contributed by atoms with Crippen molar-refractivity contribution in [2.24, 2.45) is 5.92 Å². The van der Waals surface area contributed by atoms with E-state index in [9.17, 15) is 0 Å². The molecule has 2 N–H and O–H groups in total. The normalized spacial score (nSPS) is 40.3. The Morgan fingerprint density at radius 2 is 2.42 bits per heavy atom. The van der Waals surface area contributed by atoms with Crippen LogP contribution < -0.4 is 10.6 Å². The molecule has 2 saturated heterocycles. The van der Waals surface area contributed by atoms with Crippen molar-refractivity contribution in [1.82, 2.24) is 10.6 Å². The molecule has 2 heterocycles. The zero-order valence-corrected chi connectivity index (χ0v) is 7.40. The molecule has 2 heteroatoms. The van der Waals surface area contributed by atoms with Gasteiger partial charge < -0.3 is 10.6 Å². The molecule has 0 saturated carbocycles. The molecule has 0 aromatic carbocycles. The van der Waals surface area contributed by atoms with Crippen molar-refractivity contribution in [1.29, 1.82) is 0 Å². The Bertz CT molecular complexity index is 222. The van der Waals surface area contributed by atoms with Crippen molar-refractivity contribution in [2.45, 2.75) is 18.4 Å². The van der Waals surface area contributed by atoms with Gasteiger partial charge in [0.15, 0.2) is 0 Å². The maximum atomic E-state index is 4.07. The van der Waals surface area contributed by atoms with Gasteiger partial charge >= 0.3 is 0 Å². The van der Waals surface area contributed by atoms with Crippen molar-refractivity contribution in [3.05, 3.63) is 24.9 Å². The van der Waals surface area contributed by atoms with Crippen LogP contribution in [-0.2, 0) is 0 Å². The number of hydrogen-bond acceptors (Lipinski definition) is 2. The summed E-state index contributed by atoms with van der Waals surface area (Å²) in [5.74, 6) is 0.581. The van der Waals surface area contributed by atoms with Crippen molar-refractivity contribution in [3.63, 3.8) is 0 Å². The summed E-state index contributed by atoms with van der Waals surface area (Å²) in [6.45, 7) is 10.1.